The number of rotatable bonds is 6. The quantitative estimate of drug-likeness (QED) is 0.629. The fourth-order valence-electron chi connectivity index (χ4n) is 3.80. The second-order valence-corrected chi connectivity index (χ2v) is 9.23. The van der Waals surface area contributed by atoms with Crippen LogP contribution in [0, 0.1) is 17.8 Å². The third-order valence-electron chi connectivity index (χ3n) is 5.95. The van der Waals surface area contributed by atoms with Gasteiger partial charge in [-0.2, -0.15) is 0 Å². The van der Waals surface area contributed by atoms with Gasteiger partial charge in [-0.05, 0) is 18.6 Å². The Morgan fingerprint density at radius 2 is 1.69 bits per heavy atom. The molecule has 0 aromatic rings. The molecule has 0 bridgehead atoms. The van der Waals surface area contributed by atoms with Crippen molar-refractivity contribution in [2.75, 3.05) is 12.9 Å². The molecule has 2 aliphatic heterocycles. The molecule has 0 aliphatic carbocycles. The highest BCUT2D eigenvalue weighted by Crippen LogP contribution is 2.38. The van der Waals surface area contributed by atoms with Gasteiger partial charge in [-0.3, -0.25) is 4.79 Å². The predicted octanol–water partition coefficient (Wildman–Crippen LogP) is 1.97. The Hall–Kier alpha value is -0.870. The third kappa shape index (κ3) is 5.44. The molecule has 9 heteroatoms. The van der Waals surface area contributed by atoms with Gasteiger partial charge >= 0.3 is 11.9 Å². The molecule has 2 aliphatic rings. The van der Waals surface area contributed by atoms with Gasteiger partial charge in [0.15, 0.2) is 18.5 Å². The van der Waals surface area contributed by atoms with Crippen LogP contribution in [0.2, 0.25) is 0 Å². The van der Waals surface area contributed by atoms with Crippen LogP contribution in [0.1, 0.15) is 41.5 Å². The lowest BCUT2D eigenvalue weighted by atomic mass is 9.84. The zero-order valence-corrected chi connectivity index (χ0v) is 19.0. The fourth-order valence-corrected chi connectivity index (χ4v) is 4.80. The number of hydrogen-bond acceptors (Lipinski definition) is 9. The molecule has 2 fully saturated rings. The molecular formula is C20H34O8S. The maximum atomic E-state index is 12.4. The number of carbonyl (C=O) groups is 2. The Balaban J connectivity index is 2.28. The van der Waals surface area contributed by atoms with Crippen molar-refractivity contribution in [2.24, 2.45) is 17.8 Å². The lowest BCUT2D eigenvalue weighted by Gasteiger charge is -2.47. The molecule has 168 valence electrons. The van der Waals surface area contributed by atoms with Crippen LogP contribution in [0.25, 0.3) is 0 Å². The van der Waals surface area contributed by atoms with Crippen molar-refractivity contribution in [3.05, 3.63) is 0 Å². The summed E-state index contributed by atoms with van der Waals surface area (Å²) >= 11 is 1.51. The highest BCUT2D eigenvalue weighted by atomic mass is 32.2. The summed E-state index contributed by atoms with van der Waals surface area (Å²) in [6.07, 6.45) is -4.85. The van der Waals surface area contributed by atoms with Gasteiger partial charge in [0.05, 0.1) is 19.3 Å². The smallest absolute Gasteiger partial charge is 0.337 e. The molecule has 0 aromatic heterocycles. The van der Waals surface area contributed by atoms with Crippen LogP contribution in [-0.2, 0) is 33.3 Å². The topological polar surface area (TPSA) is 101 Å². The van der Waals surface area contributed by atoms with E-state index in [0.29, 0.717) is 0 Å². The molecule has 0 amide bonds. The Kier molecular flexibility index (Phi) is 8.78. The summed E-state index contributed by atoms with van der Waals surface area (Å²) in [5.41, 5.74) is -0.367. The standard InChI is InChI=1S/C20H34O8S/c1-8-29-20-11(4)14(22)16(17(28-20)18(23)24-7)27-19-15(26-13(6)21)10(3)9(2)12(5)25-19/h9-12,14-17,19-20,22H,8H2,1-7H3/t9-,10?,11?,12+,14-,15?,16-,17?,19+,20-/m1/s1. The molecule has 0 radical (unpaired) electrons. The van der Waals surface area contributed by atoms with Gasteiger partial charge in [-0.1, -0.05) is 27.7 Å². The van der Waals surface area contributed by atoms with Gasteiger partial charge in [0.25, 0.3) is 0 Å². The molecule has 2 saturated heterocycles. The molecule has 0 aromatic carbocycles. The summed E-state index contributed by atoms with van der Waals surface area (Å²) in [7, 11) is 1.26. The number of aliphatic hydroxyl groups is 1. The lowest BCUT2D eigenvalue weighted by Crippen LogP contribution is -2.60. The number of hydrogen-bond donors (Lipinski definition) is 1. The number of esters is 2. The minimum absolute atomic E-state index is 0.0355. The summed E-state index contributed by atoms with van der Waals surface area (Å²) in [6.45, 7) is 11.1. The van der Waals surface area contributed by atoms with E-state index in [-0.39, 0.29) is 29.3 Å². The minimum atomic E-state index is -1.11. The highest BCUT2D eigenvalue weighted by molar-refractivity contribution is 7.99. The largest absolute Gasteiger partial charge is 0.467 e. The van der Waals surface area contributed by atoms with Gasteiger partial charge in [0.2, 0.25) is 0 Å². The van der Waals surface area contributed by atoms with Gasteiger partial charge < -0.3 is 28.8 Å². The van der Waals surface area contributed by atoms with Crippen molar-refractivity contribution >= 4 is 23.7 Å². The van der Waals surface area contributed by atoms with E-state index in [1.165, 1.54) is 25.8 Å². The maximum Gasteiger partial charge on any atom is 0.337 e. The van der Waals surface area contributed by atoms with Crippen LogP contribution in [0.4, 0.5) is 0 Å². The monoisotopic (exact) mass is 434 g/mol. The number of carbonyl (C=O) groups excluding carboxylic acids is 2. The Morgan fingerprint density at radius 1 is 1.03 bits per heavy atom. The van der Waals surface area contributed by atoms with Crippen molar-refractivity contribution in [1.82, 2.24) is 0 Å². The maximum absolute atomic E-state index is 12.4. The minimum Gasteiger partial charge on any atom is -0.467 e. The molecule has 0 saturated carbocycles. The van der Waals surface area contributed by atoms with Crippen molar-refractivity contribution in [1.29, 1.82) is 0 Å². The molecule has 29 heavy (non-hydrogen) atoms. The molecule has 2 heterocycles. The number of thioether (sulfide) groups is 1. The third-order valence-corrected chi connectivity index (χ3v) is 7.15. The molecule has 2 rings (SSSR count). The summed E-state index contributed by atoms with van der Waals surface area (Å²) in [6, 6.07) is 0. The van der Waals surface area contributed by atoms with Crippen LogP contribution in [0.15, 0.2) is 0 Å². The van der Waals surface area contributed by atoms with E-state index >= 15 is 0 Å². The second kappa shape index (κ2) is 10.4. The van der Waals surface area contributed by atoms with E-state index in [9.17, 15) is 14.7 Å². The van der Waals surface area contributed by atoms with Crippen LogP contribution >= 0.6 is 11.8 Å². The first-order valence-electron chi connectivity index (χ1n) is 10.1. The van der Waals surface area contributed by atoms with E-state index in [1.807, 2.05) is 34.6 Å². The Labute approximate surface area is 176 Å². The highest BCUT2D eigenvalue weighted by Gasteiger charge is 2.51. The average Bonchev–Trinajstić information content (AvgIpc) is 2.68. The zero-order valence-electron chi connectivity index (χ0n) is 18.2. The van der Waals surface area contributed by atoms with E-state index in [0.717, 1.165) is 5.75 Å². The summed E-state index contributed by atoms with van der Waals surface area (Å²) in [5, 5.41) is 10.9. The summed E-state index contributed by atoms with van der Waals surface area (Å²) in [5.74, 6) is -0.487. The van der Waals surface area contributed by atoms with E-state index < -0.39 is 42.6 Å². The van der Waals surface area contributed by atoms with Crippen LogP contribution in [-0.4, -0.2) is 72.2 Å². The normalized spacial score (nSPS) is 42.9. The van der Waals surface area contributed by atoms with Gasteiger partial charge in [-0.15, -0.1) is 11.8 Å². The molecule has 8 nitrogen and oxygen atoms in total. The SMILES string of the molecule is CCS[C@H]1OC(C(=O)OC)[C@H](O[C@@H]2O[C@@H](C)[C@H](C)C(C)C2OC(C)=O)[C@H](O)C1C. The van der Waals surface area contributed by atoms with Crippen LogP contribution < -0.4 is 0 Å². The van der Waals surface area contributed by atoms with Crippen LogP contribution in [0.3, 0.4) is 0 Å². The predicted molar refractivity (Wildman–Crippen MR) is 107 cm³/mol. The Morgan fingerprint density at radius 3 is 2.24 bits per heavy atom. The fraction of sp³-hybridized carbons (Fsp3) is 0.900. The summed E-state index contributed by atoms with van der Waals surface area (Å²) < 4.78 is 28.4. The van der Waals surface area contributed by atoms with Crippen molar-refractivity contribution in [2.45, 2.75) is 83.8 Å². The summed E-state index contributed by atoms with van der Waals surface area (Å²) in [4.78, 5) is 24.0. The molecule has 0 spiro atoms. The molecule has 10 atom stereocenters. The average molecular weight is 435 g/mol. The van der Waals surface area contributed by atoms with Crippen molar-refractivity contribution in [3.63, 3.8) is 0 Å². The van der Waals surface area contributed by atoms with Gasteiger partial charge in [0.1, 0.15) is 11.5 Å². The zero-order chi connectivity index (χ0) is 21.9. The van der Waals surface area contributed by atoms with Crippen molar-refractivity contribution < 1.29 is 38.4 Å². The molecule has 1 N–H and O–H groups in total. The van der Waals surface area contributed by atoms with Crippen LogP contribution in [0.5, 0.6) is 0 Å². The van der Waals surface area contributed by atoms with E-state index in [2.05, 4.69) is 0 Å². The molecular weight excluding hydrogens is 400 g/mol. The van der Waals surface area contributed by atoms with E-state index in [1.54, 1.807) is 0 Å². The first-order valence-corrected chi connectivity index (χ1v) is 11.2. The number of aliphatic hydroxyl groups excluding tert-OH is 1. The second-order valence-electron chi connectivity index (χ2n) is 7.86. The Bertz CT molecular complexity index is 573. The first kappa shape index (κ1) is 24.4. The van der Waals surface area contributed by atoms with Gasteiger partial charge in [0, 0.05) is 18.8 Å². The number of ether oxygens (including phenoxy) is 5. The number of methoxy groups -OCH3 is 1. The lowest BCUT2D eigenvalue weighted by molar-refractivity contribution is -0.314. The van der Waals surface area contributed by atoms with Crippen molar-refractivity contribution in [3.8, 4) is 0 Å². The van der Waals surface area contributed by atoms with E-state index in [4.69, 9.17) is 23.7 Å². The molecule has 4 unspecified atom stereocenters. The first-order chi connectivity index (χ1) is 13.6. The van der Waals surface area contributed by atoms with Gasteiger partial charge in [-0.25, -0.2) is 4.79 Å².